The lowest BCUT2D eigenvalue weighted by Crippen LogP contribution is -2.12. The molecular weight excluding hydrogens is 308 g/mol. The minimum atomic E-state index is 0.189. The molecule has 1 heterocycles. The lowest BCUT2D eigenvalue weighted by atomic mass is 9.83. The fraction of sp³-hybridized carbons (Fsp3) is 0.182. The second kappa shape index (κ2) is 6.89. The van der Waals surface area contributed by atoms with Gasteiger partial charge in [-0.15, -0.1) is 0 Å². The molecule has 0 atom stereocenters. The molecule has 3 aromatic rings. The van der Waals surface area contributed by atoms with E-state index in [9.17, 15) is 5.21 Å². The van der Waals surface area contributed by atoms with Crippen molar-refractivity contribution in [1.82, 2.24) is 4.98 Å². The zero-order valence-corrected chi connectivity index (χ0v) is 14.0. The van der Waals surface area contributed by atoms with Crippen molar-refractivity contribution >= 4 is 5.71 Å². The van der Waals surface area contributed by atoms with Crippen molar-refractivity contribution in [3.63, 3.8) is 0 Å². The Bertz CT molecular complexity index is 855. The number of rotatable bonds is 3. The topological polar surface area (TPSA) is 45.5 Å². The van der Waals surface area contributed by atoms with Crippen molar-refractivity contribution < 1.29 is 5.21 Å². The van der Waals surface area contributed by atoms with Crippen LogP contribution in [0.4, 0.5) is 0 Å². The van der Waals surface area contributed by atoms with Crippen LogP contribution in [0.5, 0.6) is 0 Å². The highest BCUT2D eigenvalue weighted by Gasteiger charge is 2.25. The number of pyridine rings is 1. The first-order chi connectivity index (χ1) is 12.4. The van der Waals surface area contributed by atoms with Crippen LogP contribution in [0, 0.1) is 0 Å². The molecule has 1 aliphatic carbocycles. The van der Waals surface area contributed by atoms with Gasteiger partial charge < -0.3 is 5.21 Å². The molecule has 0 radical (unpaired) electrons. The molecule has 3 heteroatoms. The standard InChI is InChI=1S/C22H20N2O/c25-24-22(18-11-13-23-14-12-18)15-21-19-7-3-1-5-16(19)9-10-17-6-2-4-8-20(17)21/h1-8,11-14,21,25H,9-10,15H2. The highest BCUT2D eigenvalue weighted by atomic mass is 16.4. The van der Waals surface area contributed by atoms with E-state index in [1.807, 2.05) is 12.1 Å². The average molecular weight is 328 g/mol. The summed E-state index contributed by atoms with van der Waals surface area (Å²) in [5.41, 5.74) is 7.05. The van der Waals surface area contributed by atoms with Crippen LogP contribution >= 0.6 is 0 Å². The van der Waals surface area contributed by atoms with E-state index >= 15 is 0 Å². The van der Waals surface area contributed by atoms with Gasteiger partial charge in [-0.05, 0) is 47.2 Å². The highest BCUT2D eigenvalue weighted by molar-refractivity contribution is 6.00. The molecule has 1 aliphatic rings. The maximum atomic E-state index is 9.64. The molecule has 0 spiro atoms. The van der Waals surface area contributed by atoms with Gasteiger partial charge in [-0.3, -0.25) is 4.98 Å². The Kier molecular flexibility index (Phi) is 4.30. The van der Waals surface area contributed by atoms with E-state index in [4.69, 9.17) is 0 Å². The summed E-state index contributed by atoms with van der Waals surface area (Å²) >= 11 is 0. The van der Waals surface area contributed by atoms with E-state index in [-0.39, 0.29) is 5.92 Å². The van der Waals surface area contributed by atoms with Crippen LogP contribution in [0.3, 0.4) is 0 Å². The van der Waals surface area contributed by atoms with Gasteiger partial charge >= 0.3 is 0 Å². The molecule has 0 fully saturated rings. The van der Waals surface area contributed by atoms with E-state index in [0.29, 0.717) is 12.1 Å². The van der Waals surface area contributed by atoms with Gasteiger partial charge in [-0.2, -0.15) is 0 Å². The second-order valence-corrected chi connectivity index (χ2v) is 6.44. The van der Waals surface area contributed by atoms with Crippen LogP contribution in [-0.2, 0) is 12.8 Å². The van der Waals surface area contributed by atoms with E-state index in [0.717, 1.165) is 18.4 Å². The number of aromatic nitrogens is 1. The third kappa shape index (κ3) is 3.05. The number of aryl methyl sites for hydroxylation is 2. The molecule has 0 aliphatic heterocycles. The first-order valence-corrected chi connectivity index (χ1v) is 8.63. The van der Waals surface area contributed by atoms with Gasteiger partial charge in [0.2, 0.25) is 0 Å². The van der Waals surface area contributed by atoms with Gasteiger partial charge in [0.1, 0.15) is 0 Å². The van der Waals surface area contributed by atoms with Crippen molar-refractivity contribution in [1.29, 1.82) is 0 Å². The number of nitrogens with zero attached hydrogens (tertiary/aromatic N) is 2. The van der Waals surface area contributed by atoms with Crippen molar-refractivity contribution in [3.8, 4) is 0 Å². The monoisotopic (exact) mass is 328 g/mol. The zero-order valence-electron chi connectivity index (χ0n) is 14.0. The Balaban J connectivity index is 1.80. The van der Waals surface area contributed by atoms with Crippen molar-refractivity contribution in [2.24, 2.45) is 5.16 Å². The molecule has 0 bridgehead atoms. The lowest BCUT2D eigenvalue weighted by Gasteiger charge is -2.21. The summed E-state index contributed by atoms with van der Waals surface area (Å²) in [6.07, 6.45) is 6.22. The van der Waals surface area contributed by atoms with Crippen LogP contribution in [-0.4, -0.2) is 15.9 Å². The van der Waals surface area contributed by atoms with Gasteiger partial charge in [-0.1, -0.05) is 53.7 Å². The Labute approximate surface area is 147 Å². The molecule has 25 heavy (non-hydrogen) atoms. The Morgan fingerprint density at radius 1 is 0.880 bits per heavy atom. The molecule has 0 saturated heterocycles. The van der Waals surface area contributed by atoms with Gasteiger partial charge in [0.25, 0.3) is 0 Å². The van der Waals surface area contributed by atoms with Crippen molar-refractivity contribution in [3.05, 3.63) is 101 Å². The van der Waals surface area contributed by atoms with Crippen LogP contribution in [0.2, 0.25) is 0 Å². The largest absolute Gasteiger partial charge is 0.411 e. The molecule has 0 saturated carbocycles. The number of hydrogen-bond acceptors (Lipinski definition) is 3. The van der Waals surface area contributed by atoms with Gasteiger partial charge in [0.15, 0.2) is 0 Å². The smallest absolute Gasteiger partial charge is 0.0878 e. The Morgan fingerprint density at radius 2 is 1.44 bits per heavy atom. The predicted molar refractivity (Wildman–Crippen MR) is 99.3 cm³/mol. The maximum Gasteiger partial charge on any atom is 0.0878 e. The van der Waals surface area contributed by atoms with Gasteiger partial charge in [0.05, 0.1) is 5.71 Å². The highest BCUT2D eigenvalue weighted by Crippen LogP contribution is 2.37. The minimum Gasteiger partial charge on any atom is -0.411 e. The fourth-order valence-electron chi connectivity index (χ4n) is 3.81. The lowest BCUT2D eigenvalue weighted by molar-refractivity contribution is 0.317. The van der Waals surface area contributed by atoms with E-state index in [1.165, 1.54) is 22.3 Å². The summed E-state index contributed by atoms with van der Waals surface area (Å²) in [5, 5.41) is 13.3. The van der Waals surface area contributed by atoms with Crippen LogP contribution < -0.4 is 0 Å². The first-order valence-electron chi connectivity index (χ1n) is 8.63. The first kappa shape index (κ1) is 15.6. The SMILES string of the molecule is ON=C(CC1c2ccccc2CCc2ccccc21)c1ccncc1. The van der Waals surface area contributed by atoms with Crippen LogP contribution in [0.15, 0.2) is 78.2 Å². The summed E-state index contributed by atoms with van der Waals surface area (Å²) in [6, 6.07) is 21.1. The van der Waals surface area contributed by atoms with E-state index in [2.05, 4.69) is 58.7 Å². The minimum absolute atomic E-state index is 0.189. The maximum absolute atomic E-state index is 9.64. The van der Waals surface area contributed by atoms with E-state index in [1.54, 1.807) is 12.4 Å². The number of oxime groups is 1. The quantitative estimate of drug-likeness (QED) is 0.434. The summed E-state index contributed by atoms with van der Waals surface area (Å²) in [7, 11) is 0. The third-order valence-electron chi connectivity index (χ3n) is 5.06. The van der Waals surface area contributed by atoms with Crippen LogP contribution in [0.1, 0.15) is 40.2 Å². The van der Waals surface area contributed by atoms with E-state index < -0.39 is 0 Å². The van der Waals surface area contributed by atoms with Crippen molar-refractivity contribution in [2.75, 3.05) is 0 Å². The number of hydrogen-bond donors (Lipinski definition) is 1. The molecule has 2 aromatic carbocycles. The number of benzene rings is 2. The number of fused-ring (bicyclic) bond motifs is 2. The molecular formula is C22H20N2O. The summed E-state index contributed by atoms with van der Waals surface area (Å²) < 4.78 is 0. The molecule has 4 rings (SSSR count). The molecule has 1 aromatic heterocycles. The Hall–Kier alpha value is -2.94. The Morgan fingerprint density at radius 3 is 2.00 bits per heavy atom. The molecule has 0 amide bonds. The summed E-state index contributed by atoms with van der Waals surface area (Å²) in [4.78, 5) is 4.06. The van der Waals surface area contributed by atoms with Crippen LogP contribution in [0.25, 0.3) is 0 Å². The molecule has 1 N–H and O–H groups in total. The van der Waals surface area contributed by atoms with Gasteiger partial charge in [0, 0.05) is 30.3 Å². The average Bonchev–Trinajstić information content (AvgIpc) is 2.84. The normalized spacial score (nSPS) is 14.5. The fourth-order valence-corrected chi connectivity index (χ4v) is 3.81. The second-order valence-electron chi connectivity index (χ2n) is 6.44. The summed E-state index contributed by atoms with van der Waals surface area (Å²) in [6.45, 7) is 0. The van der Waals surface area contributed by atoms with Crippen molar-refractivity contribution in [2.45, 2.75) is 25.2 Å². The predicted octanol–water partition coefficient (Wildman–Crippen LogP) is 4.58. The van der Waals surface area contributed by atoms with Gasteiger partial charge in [-0.25, -0.2) is 0 Å². The zero-order chi connectivity index (χ0) is 17.1. The molecule has 3 nitrogen and oxygen atoms in total. The third-order valence-corrected chi connectivity index (χ3v) is 5.06. The summed E-state index contributed by atoms with van der Waals surface area (Å²) in [5.74, 6) is 0.189. The molecule has 0 unspecified atom stereocenters. The molecule has 124 valence electrons.